The van der Waals surface area contributed by atoms with Crippen molar-refractivity contribution in [2.24, 2.45) is 5.73 Å². The molecule has 3 N–H and O–H groups in total. The number of aryl methyl sites for hydroxylation is 1. The van der Waals surface area contributed by atoms with Gasteiger partial charge in [0, 0.05) is 11.6 Å². The zero-order valence-electron chi connectivity index (χ0n) is 18.4. The molecule has 0 heterocycles. The second kappa shape index (κ2) is 10.4. The summed E-state index contributed by atoms with van der Waals surface area (Å²) in [6.07, 6.45) is -3.65. The molecule has 8 nitrogen and oxygen atoms in total. The summed E-state index contributed by atoms with van der Waals surface area (Å²) in [5.41, 5.74) is 9.69. The molecule has 0 saturated heterocycles. The molecule has 0 fully saturated rings. The van der Waals surface area contributed by atoms with Gasteiger partial charge in [0.2, 0.25) is 11.2 Å². The molecule has 180 valence electrons. The lowest BCUT2D eigenvalue weighted by molar-refractivity contribution is -0.192. The molecule has 0 unspecified atom stereocenters. The fourth-order valence-electron chi connectivity index (χ4n) is 3.50. The van der Waals surface area contributed by atoms with Crippen LogP contribution in [0, 0.1) is 0 Å². The van der Waals surface area contributed by atoms with Crippen LogP contribution >= 0.6 is 0 Å². The summed E-state index contributed by atoms with van der Waals surface area (Å²) in [6, 6.07) is 6.75. The van der Waals surface area contributed by atoms with E-state index in [4.69, 9.17) is 34.6 Å². The van der Waals surface area contributed by atoms with Crippen LogP contribution in [0.25, 0.3) is 11.1 Å². The van der Waals surface area contributed by atoms with Gasteiger partial charge in [-0.3, -0.25) is 4.79 Å². The van der Waals surface area contributed by atoms with Crippen LogP contribution in [0.4, 0.5) is 13.2 Å². The Labute approximate surface area is 187 Å². The van der Waals surface area contributed by atoms with Gasteiger partial charge in [-0.15, -0.1) is 0 Å². The molecule has 0 spiro atoms. The van der Waals surface area contributed by atoms with Gasteiger partial charge in [0.05, 0.1) is 28.4 Å². The van der Waals surface area contributed by atoms with E-state index >= 15 is 0 Å². The Kier molecular flexibility index (Phi) is 8.15. The molecule has 1 aliphatic rings. The number of carbonyl (C=O) groups is 1. The highest BCUT2D eigenvalue weighted by atomic mass is 19.4. The van der Waals surface area contributed by atoms with E-state index in [9.17, 15) is 18.0 Å². The number of rotatable bonds is 4. The number of nitrogens with two attached hydrogens (primary N) is 1. The number of carboxylic acids is 1. The molecular formula is C22H24F3NO7. The maximum absolute atomic E-state index is 12.4. The van der Waals surface area contributed by atoms with E-state index < -0.39 is 12.1 Å². The zero-order chi connectivity index (χ0) is 24.9. The second-order valence-electron chi connectivity index (χ2n) is 6.91. The van der Waals surface area contributed by atoms with Crippen molar-refractivity contribution in [3.8, 4) is 34.1 Å². The van der Waals surface area contributed by atoms with E-state index in [0.717, 1.165) is 28.7 Å². The Bertz CT molecular complexity index is 1090. The normalized spacial score (nSPS) is 14.5. The average molecular weight is 471 g/mol. The lowest BCUT2D eigenvalue weighted by Gasteiger charge is -2.19. The minimum absolute atomic E-state index is 0.202. The van der Waals surface area contributed by atoms with E-state index in [1.165, 1.54) is 7.11 Å². The molecule has 0 amide bonds. The van der Waals surface area contributed by atoms with Gasteiger partial charge >= 0.3 is 12.1 Å². The monoisotopic (exact) mass is 471 g/mol. The van der Waals surface area contributed by atoms with Gasteiger partial charge in [-0.05, 0) is 47.7 Å². The summed E-state index contributed by atoms with van der Waals surface area (Å²) >= 11 is 0. The molecule has 33 heavy (non-hydrogen) atoms. The maximum atomic E-state index is 12.4. The van der Waals surface area contributed by atoms with Gasteiger partial charge in [-0.2, -0.15) is 13.2 Å². The number of aliphatic carboxylic acids is 1. The summed E-state index contributed by atoms with van der Waals surface area (Å²) in [4.78, 5) is 21.3. The fraction of sp³-hybridized carbons (Fsp3) is 0.364. The number of carboxylic acid groups (broad SMARTS) is 1. The predicted molar refractivity (Wildman–Crippen MR) is 113 cm³/mol. The van der Waals surface area contributed by atoms with Gasteiger partial charge in [-0.1, -0.05) is 6.07 Å². The first-order chi connectivity index (χ1) is 15.5. The van der Waals surface area contributed by atoms with E-state index in [1.54, 1.807) is 33.5 Å². The lowest BCUT2D eigenvalue weighted by Crippen LogP contribution is -2.21. The molecular weight excluding hydrogens is 447 g/mol. The van der Waals surface area contributed by atoms with Gasteiger partial charge in [0.25, 0.3) is 0 Å². The molecule has 11 heteroatoms. The van der Waals surface area contributed by atoms with Crippen molar-refractivity contribution < 1.29 is 42.0 Å². The van der Waals surface area contributed by atoms with Gasteiger partial charge in [-0.25, -0.2) is 4.79 Å². The summed E-state index contributed by atoms with van der Waals surface area (Å²) in [5, 5.41) is 7.12. The lowest BCUT2D eigenvalue weighted by atomic mass is 9.95. The van der Waals surface area contributed by atoms with Crippen LogP contribution in [0.15, 0.2) is 29.1 Å². The minimum atomic E-state index is -5.08. The minimum Gasteiger partial charge on any atom is -0.493 e. The molecule has 2 aromatic rings. The van der Waals surface area contributed by atoms with Crippen LogP contribution in [-0.2, 0) is 11.2 Å². The Hall–Kier alpha value is -3.47. The Morgan fingerprint density at radius 2 is 1.58 bits per heavy atom. The highest BCUT2D eigenvalue weighted by Gasteiger charge is 2.38. The average Bonchev–Trinajstić information content (AvgIpc) is 3.01. The Morgan fingerprint density at radius 1 is 1.00 bits per heavy atom. The van der Waals surface area contributed by atoms with Crippen molar-refractivity contribution in [3.63, 3.8) is 0 Å². The van der Waals surface area contributed by atoms with E-state index in [1.807, 2.05) is 12.1 Å². The van der Waals surface area contributed by atoms with E-state index in [2.05, 4.69) is 0 Å². The van der Waals surface area contributed by atoms with E-state index in [-0.39, 0.29) is 17.2 Å². The van der Waals surface area contributed by atoms with Crippen LogP contribution < -0.4 is 30.1 Å². The fourth-order valence-corrected chi connectivity index (χ4v) is 3.50. The van der Waals surface area contributed by atoms with Crippen molar-refractivity contribution in [2.45, 2.75) is 25.1 Å². The molecule has 1 aliphatic carbocycles. The topological polar surface area (TPSA) is 117 Å². The third-order valence-electron chi connectivity index (χ3n) is 5.01. The Balaban J connectivity index is 0.000000479. The zero-order valence-corrected chi connectivity index (χ0v) is 18.4. The first-order valence-corrected chi connectivity index (χ1v) is 9.60. The standard InChI is InChI=1S/C20H23NO5.C2HF3O2/c1-23-16-8-6-12-13(10-15(16)22)14(21)7-5-11-9-17(24-2)19(25-3)20(26-4)18(11)12;3-2(4,5)1(6)7/h6,8-10,14H,5,7,21H2,1-4H3;(H,6,7)/t14-;/m0./s1. The first kappa shape index (κ1) is 25.8. The molecule has 1 atom stereocenters. The number of halogens is 3. The van der Waals surface area contributed by atoms with Crippen LogP contribution in [-0.4, -0.2) is 45.7 Å². The van der Waals surface area contributed by atoms with Crippen molar-refractivity contribution >= 4 is 5.97 Å². The van der Waals surface area contributed by atoms with Crippen molar-refractivity contribution in [1.82, 2.24) is 0 Å². The first-order valence-electron chi connectivity index (χ1n) is 9.60. The van der Waals surface area contributed by atoms with Gasteiger partial charge < -0.3 is 29.8 Å². The number of methoxy groups -OCH3 is 4. The maximum Gasteiger partial charge on any atom is 0.490 e. The SMILES string of the molecule is COc1cc2c(c(OC)c1OC)-c1ccc(OC)c(=O)cc1[C@@H](N)CC2.O=C(O)C(F)(F)F. The van der Waals surface area contributed by atoms with Crippen LogP contribution in [0.2, 0.25) is 0 Å². The van der Waals surface area contributed by atoms with Crippen molar-refractivity contribution in [1.29, 1.82) is 0 Å². The predicted octanol–water partition coefficient (Wildman–Crippen LogP) is 3.33. The van der Waals surface area contributed by atoms with Crippen molar-refractivity contribution in [3.05, 3.63) is 45.6 Å². The molecule has 0 saturated carbocycles. The third kappa shape index (κ3) is 5.48. The number of hydrogen-bond donors (Lipinski definition) is 2. The molecule has 0 bridgehead atoms. The van der Waals surface area contributed by atoms with Crippen LogP contribution in [0.3, 0.4) is 0 Å². The molecule has 0 aromatic heterocycles. The third-order valence-corrected chi connectivity index (χ3v) is 5.01. The number of ether oxygens (including phenoxy) is 4. The highest BCUT2D eigenvalue weighted by molar-refractivity contribution is 5.82. The molecule has 3 rings (SSSR count). The molecule has 2 aromatic carbocycles. The van der Waals surface area contributed by atoms with Crippen molar-refractivity contribution in [2.75, 3.05) is 28.4 Å². The summed E-state index contributed by atoms with van der Waals surface area (Å²) in [6.45, 7) is 0. The summed E-state index contributed by atoms with van der Waals surface area (Å²) in [7, 11) is 6.23. The second-order valence-corrected chi connectivity index (χ2v) is 6.91. The highest BCUT2D eigenvalue weighted by Crippen LogP contribution is 2.49. The smallest absolute Gasteiger partial charge is 0.490 e. The summed E-state index contributed by atoms with van der Waals surface area (Å²) in [5.74, 6) is -0.813. The largest absolute Gasteiger partial charge is 0.493 e. The van der Waals surface area contributed by atoms with Crippen LogP contribution in [0.1, 0.15) is 23.6 Å². The van der Waals surface area contributed by atoms with Gasteiger partial charge in [0.15, 0.2) is 17.2 Å². The Morgan fingerprint density at radius 3 is 2.06 bits per heavy atom. The number of alkyl halides is 3. The summed E-state index contributed by atoms with van der Waals surface area (Å²) < 4.78 is 53.6. The quantitative estimate of drug-likeness (QED) is 0.698. The van der Waals surface area contributed by atoms with Gasteiger partial charge in [0.1, 0.15) is 0 Å². The number of benzene rings is 1. The number of hydrogen-bond acceptors (Lipinski definition) is 7. The molecule has 0 aliphatic heterocycles. The number of fused-ring (bicyclic) bond motifs is 3. The van der Waals surface area contributed by atoms with E-state index in [0.29, 0.717) is 23.7 Å². The molecule has 0 radical (unpaired) electrons. The van der Waals surface area contributed by atoms with Crippen LogP contribution in [0.5, 0.6) is 23.0 Å².